The van der Waals surface area contributed by atoms with Crippen molar-refractivity contribution in [3.05, 3.63) is 151 Å². The molecule has 2 aromatic heterocycles. The Kier molecular flexibility index (Phi) is 6.71. The van der Waals surface area contributed by atoms with Crippen molar-refractivity contribution in [1.29, 1.82) is 0 Å². The summed E-state index contributed by atoms with van der Waals surface area (Å²) in [6, 6.07) is 36.2. The van der Waals surface area contributed by atoms with Gasteiger partial charge in [0.15, 0.2) is 17.5 Å². The fourth-order valence-electron chi connectivity index (χ4n) is 6.78. The molecule has 0 amide bonds. The Morgan fingerprint density at radius 2 is 1.32 bits per heavy atom. The Balaban J connectivity index is 1.25. The molecule has 4 nitrogen and oxygen atoms in total. The minimum Gasteiger partial charge on any atom is -0.456 e. The third-order valence-corrected chi connectivity index (χ3v) is 9.21. The van der Waals surface area contributed by atoms with E-state index in [1.54, 1.807) is 0 Å². The van der Waals surface area contributed by atoms with Gasteiger partial charge in [-0.2, -0.15) is 0 Å². The van der Waals surface area contributed by atoms with Crippen LogP contribution in [0.3, 0.4) is 0 Å². The highest BCUT2D eigenvalue weighted by Crippen LogP contribution is 2.40. The monoisotopic (exact) mass is 605 g/mol. The molecule has 2 heterocycles. The van der Waals surface area contributed by atoms with Crippen LogP contribution in [-0.2, 0) is 0 Å². The lowest BCUT2D eigenvalue weighted by Crippen LogP contribution is -2.04. The standard InChI is InChI=1S/C43H31N3O/c1-3-11-28(12-4-1)30-19-22-31(23-20-30)37-26-35(27-39-40(37)36-17-9-10-18-38(36)47-39)43-45-41(32-14-5-2-6-15-32)44-42(46-43)34-24-21-29-13-7-8-16-33(29)25-34/h2-3,5,7-14,16-27H,1,4,6,15H2. The molecule has 4 heteroatoms. The second kappa shape index (κ2) is 11.5. The van der Waals surface area contributed by atoms with Crippen LogP contribution in [0.5, 0.6) is 0 Å². The Labute approximate surface area is 273 Å². The zero-order valence-electron chi connectivity index (χ0n) is 25.9. The summed E-state index contributed by atoms with van der Waals surface area (Å²) < 4.78 is 6.50. The predicted octanol–water partition coefficient (Wildman–Crippen LogP) is 11.4. The SMILES string of the molecule is C1=CCCC(c2nc(-c3ccc4ccccc4c3)nc(-c3cc(-c4ccc(C5=CCCC=C5)cc4)c4c(c3)oc3ccccc34)n2)=C1. The molecule has 2 aliphatic carbocycles. The summed E-state index contributed by atoms with van der Waals surface area (Å²) in [5.74, 6) is 2.01. The van der Waals surface area contributed by atoms with Crippen LogP contribution in [0.25, 0.3) is 77.8 Å². The number of nitrogens with zero attached hydrogens (tertiary/aromatic N) is 3. The van der Waals surface area contributed by atoms with Crippen LogP contribution in [0, 0.1) is 0 Å². The lowest BCUT2D eigenvalue weighted by molar-refractivity contribution is 0.669. The molecule has 0 radical (unpaired) electrons. The maximum absolute atomic E-state index is 6.50. The summed E-state index contributed by atoms with van der Waals surface area (Å²) >= 11 is 0. The number of benzene rings is 5. The van der Waals surface area contributed by atoms with Crippen LogP contribution in [0.1, 0.15) is 37.1 Å². The molecule has 224 valence electrons. The van der Waals surface area contributed by atoms with E-state index in [-0.39, 0.29) is 0 Å². The first-order valence-electron chi connectivity index (χ1n) is 16.3. The molecule has 0 bridgehead atoms. The van der Waals surface area contributed by atoms with Gasteiger partial charge in [0.05, 0.1) is 0 Å². The van der Waals surface area contributed by atoms with Crippen molar-refractivity contribution in [2.24, 2.45) is 0 Å². The third-order valence-electron chi connectivity index (χ3n) is 9.21. The molecular weight excluding hydrogens is 574 g/mol. The first-order chi connectivity index (χ1) is 23.3. The Bertz CT molecular complexity index is 2460. The van der Waals surface area contributed by atoms with Crippen molar-refractivity contribution in [2.45, 2.75) is 25.7 Å². The largest absolute Gasteiger partial charge is 0.456 e. The van der Waals surface area contributed by atoms with Crippen LogP contribution in [0.2, 0.25) is 0 Å². The smallest absolute Gasteiger partial charge is 0.164 e. The van der Waals surface area contributed by atoms with E-state index in [0.29, 0.717) is 17.5 Å². The van der Waals surface area contributed by atoms with Crippen LogP contribution in [0.15, 0.2) is 144 Å². The van der Waals surface area contributed by atoms with E-state index in [2.05, 4.69) is 127 Å². The summed E-state index contributed by atoms with van der Waals surface area (Å²) in [6.45, 7) is 0. The Hall–Kier alpha value is -5.87. The first kappa shape index (κ1) is 27.4. The van der Waals surface area contributed by atoms with Crippen LogP contribution >= 0.6 is 0 Å². The lowest BCUT2D eigenvalue weighted by atomic mass is 9.94. The second-order valence-electron chi connectivity index (χ2n) is 12.2. The molecule has 7 aromatic rings. The number of aromatic nitrogens is 3. The van der Waals surface area contributed by atoms with Crippen LogP contribution in [0.4, 0.5) is 0 Å². The summed E-state index contributed by atoms with van der Waals surface area (Å²) in [5.41, 5.74) is 9.38. The minimum absolute atomic E-state index is 0.631. The highest BCUT2D eigenvalue weighted by molar-refractivity contribution is 6.13. The Morgan fingerprint density at radius 3 is 2.15 bits per heavy atom. The van der Waals surface area contributed by atoms with Gasteiger partial charge >= 0.3 is 0 Å². The fraction of sp³-hybridized carbons (Fsp3) is 0.0930. The molecule has 47 heavy (non-hydrogen) atoms. The van der Waals surface area contributed by atoms with E-state index in [1.165, 1.54) is 16.5 Å². The highest BCUT2D eigenvalue weighted by Gasteiger charge is 2.19. The van der Waals surface area contributed by atoms with Gasteiger partial charge in [-0.05, 0) is 88.6 Å². The maximum atomic E-state index is 6.50. The molecule has 0 saturated heterocycles. The zero-order chi connectivity index (χ0) is 31.2. The number of furan rings is 1. The average molecular weight is 606 g/mol. The summed E-state index contributed by atoms with van der Waals surface area (Å²) in [5, 5.41) is 4.53. The molecule has 0 spiro atoms. The Morgan fingerprint density at radius 1 is 0.553 bits per heavy atom. The fourth-order valence-corrected chi connectivity index (χ4v) is 6.78. The van der Waals surface area contributed by atoms with E-state index < -0.39 is 0 Å². The van der Waals surface area contributed by atoms with E-state index in [1.807, 2.05) is 12.1 Å². The van der Waals surface area contributed by atoms with Crippen molar-refractivity contribution < 1.29 is 4.42 Å². The molecule has 0 aliphatic heterocycles. The number of para-hydroxylation sites is 1. The molecule has 0 atom stereocenters. The van der Waals surface area contributed by atoms with Crippen molar-refractivity contribution in [3.8, 4) is 33.9 Å². The van der Waals surface area contributed by atoms with E-state index in [4.69, 9.17) is 19.4 Å². The zero-order valence-corrected chi connectivity index (χ0v) is 25.9. The topological polar surface area (TPSA) is 51.8 Å². The van der Waals surface area contributed by atoms with Crippen LogP contribution < -0.4 is 0 Å². The molecular formula is C43H31N3O. The summed E-state index contributed by atoms with van der Waals surface area (Å²) in [7, 11) is 0. The number of fused-ring (bicyclic) bond motifs is 4. The normalized spacial score (nSPS) is 14.6. The van der Waals surface area contributed by atoms with Gasteiger partial charge < -0.3 is 4.42 Å². The van der Waals surface area contributed by atoms with Gasteiger partial charge in [-0.1, -0.05) is 115 Å². The van der Waals surface area contributed by atoms with Crippen molar-refractivity contribution in [1.82, 2.24) is 15.0 Å². The van der Waals surface area contributed by atoms with Gasteiger partial charge in [0.2, 0.25) is 0 Å². The molecule has 0 fully saturated rings. The van der Waals surface area contributed by atoms with Gasteiger partial charge in [-0.3, -0.25) is 0 Å². The van der Waals surface area contributed by atoms with Gasteiger partial charge in [0.1, 0.15) is 11.2 Å². The first-order valence-corrected chi connectivity index (χ1v) is 16.3. The number of hydrogen-bond acceptors (Lipinski definition) is 4. The predicted molar refractivity (Wildman–Crippen MR) is 194 cm³/mol. The molecule has 5 aromatic carbocycles. The van der Waals surface area contributed by atoms with Crippen molar-refractivity contribution >= 4 is 43.9 Å². The number of allylic oxidation sites excluding steroid dienone is 8. The molecule has 0 N–H and O–H groups in total. The van der Waals surface area contributed by atoms with E-state index in [9.17, 15) is 0 Å². The number of hydrogen-bond donors (Lipinski definition) is 0. The average Bonchev–Trinajstić information content (AvgIpc) is 3.53. The van der Waals surface area contributed by atoms with Gasteiger partial charge in [0, 0.05) is 21.9 Å². The number of rotatable bonds is 5. The molecule has 9 rings (SSSR count). The maximum Gasteiger partial charge on any atom is 0.164 e. The van der Waals surface area contributed by atoms with Crippen LogP contribution in [-0.4, -0.2) is 15.0 Å². The lowest BCUT2D eigenvalue weighted by Gasteiger charge is -2.13. The summed E-state index contributed by atoms with van der Waals surface area (Å²) in [4.78, 5) is 15.3. The molecule has 0 unspecified atom stereocenters. The highest BCUT2D eigenvalue weighted by atomic mass is 16.3. The second-order valence-corrected chi connectivity index (χ2v) is 12.2. The summed E-state index contributed by atoms with van der Waals surface area (Å²) in [6.07, 6.45) is 17.3. The molecule has 0 saturated carbocycles. The minimum atomic E-state index is 0.631. The quantitative estimate of drug-likeness (QED) is 0.196. The van der Waals surface area contributed by atoms with Crippen molar-refractivity contribution in [2.75, 3.05) is 0 Å². The van der Waals surface area contributed by atoms with Gasteiger partial charge in [0.25, 0.3) is 0 Å². The van der Waals surface area contributed by atoms with E-state index in [0.717, 1.165) is 80.8 Å². The van der Waals surface area contributed by atoms with E-state index >= 15 is 0 Å². The molecule has 2 aliphatic rings. The van der Waals surface area contributed by atoms with Gasteiger partial charge in [-0.15, -0.1) is 0 Å². The van der Waals surface area contributed by atoms with Crippen molar-refractivity contribution in [3.63, 3.8) is 0 Å². The third kappa shape index (κ3) is 5.08. The van der Waals surface area contributed by atoms with Gasteiger partial charge in [-0.25, -0.2) is 15.0 Å².